The van der Waals surface area contributed by atoms with Gasteiger partial charge >= 0.3 is 0 Å². The summed E-state index contributed by atoms with van der Waals surface area (Å²) in [7, 11) is -2.55. The van der Waals surface area contributed by atoms with E-state index in [2.05, 4.69) is 11.3 Å². The molecule has 0 atom stereocenters. The summed E-state index contributed by atoms with van der Waals surface area (Å²) in [6.45, 7) is 10.3. The Hall–Kier alpha value is -2.80. The first-order valence-corrected chi connectivity index (χ1v) is 10.4. The molecule has 0 aliphatic carbocycles. The molecule has 150 valence electrons. The third-order valence-corrected chi connectivity index (χ3v) is 5.54. The van der Waals surface area contributed by atoms with Gasteiger partial charge in [-0.05, 0) is 51.1 Å². The average Bonchev–Trinajstić information content (AvgIpc) is 2.66. The quantitative estimate of drug-likeness (QED) is 0.681. The molecule has 0 saturated heterocycles. The number of nitrogens with zero attached hydrogens (tertiary/aromatic N) is 1. The van der Waals surface area contributed by atoms with Gasteiger partial charge in [0, 0.05) is 24.3 Å². The molecular weight excluding hydrogens is 376 g/mol. The molecule has 6 nitrogen and oxygen atoms in total. The molecule has 0 aliphatic rings. The van der Waals surface area contributed by atoms with E-state index in [4.69, 9.17) is 4.74 Å². The number of hydrogen-bond donors (Lipinski definition) is 1. The molecule has 1 N–H and O–H groups in total. The van der Waals surface area contributed by atoms with Crippen molar-refractivity contribution in [2.45, 2.75) is 25.7 Å². The van der Waals surface area contributed by atoms with Crippen LogP contribution in [-0.2, 0) is 10.0 Å². The lowest BCUT2D eigenvalue weighted by Crippen LogP contribution is -2.32. The van der Waals surface area contributed by atoms with Crippen molar-refractivity contribution in [2.75, 3.05) is 24.9 Å². The van der Waals surface area contributed by atoms with E-state index >= 15 is 0 Å². The highest BCUT2D eigenvalue weighted by Crippen LogP contribution is 2.27. The van der Waals surface area contributed by atoms with E-state index in [1.807, 2.05) is 32.9 Å². The van der Waals surface area contributed by atoms with Crippen LogP contribution in [0.1, 0.15) is 29.8 Å². The molecule has 7 heteroatoms. The van der Waals surface area contributed by atoms with Crippen molar-refractivity contribution in [3.05, 3.63) is 65.7 Å². The molecule has 0 aromatic heterocycles. The van der Waals surface area contributed by atoms with Gasteiger partial charge in [-0.3, -0.25) is 9.52 Å². The molecular formula is C21H26N2O4S. The minimum atomic E-state index is -3.94. The van der Waals surface area contributed by atoms with Gasteiger partial charge in [-0.2, -0.15) is 0 Å². The molecule has 28 heavy (non-hydrogen) atoms. The number of rotatable bonds is 8. The zero-order valence-electron chi connectivity index (χ0n) is 16.7. The van der Waals surface area contributed by atoms with Crippen molar-refractivity contribution in [1.82, 2.24) is 4.90 Å². The molecule has 0 radical (unpaired) electrons. The predicted octanol–water partition coefficient (Wildman–Crippen LogP) is 3.84. The summed E-state index contributed by atoms with van der Waals surface area (Å²) in [6, 6.07) is 11.4. The number of likely N-dealkylation sites (N-methyl/N-ethyl adjacent to an activating group) is 1. The van der Waals surface area contributed by atoms with Crippen molar-refractivity contribution in [1.29, 1.82) is 0 Å². The number of methoxy groups -OCH3 is 1. The van der Waals surface area contributed by atoms with Crippen LogP contribution in [0.3, 0.4) is 0 Å². The molecule has 1 amide bonds. The molecule has 0 aliphatic heterocycles. The first-order chi connectivity index (χ1) is 13.2. The summed E-state index contributed by atoms with van der Waals surface area (Å²) in [5, 5.41) is 0. The van der Waals surface area contributed by atoms with E-state index in [1.165, 1.54) is 19.2 Å². The lowest BCUT2D eigenvalue weighted by atomic mass is 10.1. The average molecular weight is 403 g/mol. The highest BCUT2D eigenvalue weighted by Gasteiger charge is 2.23. The number of hydrogen-bond acceptors (Lipinski definition) is 4. The number of amides is 1. The lowest BCUT2D eigenvalue weighted by Gasteiger charge is -2.21. The Bertz CT molecular complexity index is 966. The summed E-state index contributed by atoms with van der Waals surface area (Å²) in [6.07, 6.45) is 0. The largest absolute Gasteiger partial charge is 0.495 e. The maximum absolute atomic E-state index is 12.9. The zero-order chi connectivity index (χ0) is 20.9. The Balaban J connectivity index is 2.42. The zero-order valence-corrected chi connectivity index (χ0v) is 17.5. The van der Waals surface area contributed by atoms with Crippen molar-refractivity contribution < 1.29 is 17.9 Å². The molecule has 0 bridgehead atoms. The number of sulfonamides is 1. The van der Waals surface area contributed by atoms with E-state index in [9.17, 15) is 13.2 Å². The highest BCUT2D eigenvalue weighted by molar-refractivity contribution is 7.92. The number of aryl methyl sites for hydroxylation is 1. The van der Waals surface area contributed by atoms with Crippen molar-refractivity contribution in [3.63, 3.8) is 0 Å². The Labute approximate surface area is 166 Å². The number of benzene rings is 2. The van der Waals surface area contributed by atoms with Gasteiger partial charge in [0.15, 0.2) is 0 Å². The maximum Gasteiger partial charge on any atom is 0.265 e. The van der Waals surface area contributed by atoms with Gasteiger partial charge in [0.05, 0.1) is 7.11 Å². The number of anilines is 1. The topological polar surface area (TPSA) is 75.7 Å². The summed E-state index contributed by atoms with van der Waals surface area (Å²) in [5.74, 6) is -0.0981. The molecule has 0 fully saturated rings. The molecule has 2 rings (SSSR count). The molecule has 2 aromatic carbocycles. The molecule has 0 unspecified atom stereocenters. The van der Waals surface area contributed by atoms with Crippen LogP contribution >= 0.6 is 0 Å². The Morgan fingerprint density at radius 1 is 1.18 bits per heavy atom. The van der Waals surface area contributed by atoms with Crippen molar-refractivity contribution >= 4 is 21.6 Å². The molecule has 0 saturated carbocycles. The van der Waals surface area contributed by atoms with Crippen molar-refractivity contribution in [3.8, 4) is 5.75 Å². The predicted molar refractivity (Wildman–Crippen MR) is 111 cm³/mol. The lowest BCUT2D eigenvalue weighted by molar-refractivity contribution is 0.0778. The molecule has 0 spiro atoms. The van der Waals surface area contributed by atoms with E-state index in [1.54, 1.807) is 23.1 Å². The van der Waals surface area contributed by atoms with Gasteiger partial charge < -0.3 is 9.64 Å². The fourth-order valence-corrected chi connectivity index (χ4v) is 3.94. The normalized spacial score (nSPS) is 11.0. The van der Waals surface area contributed by atoms with E-state index in [-0.39, 0.29) is 22.1 Å². The minimum Gasteiger partial charge on any atom is -0.495 e. The van der Waals surface area contributed by atoms with Crippen LogP contribution in [0.15, 0.2) is 59.5 Å². The van der Waals surface area contributed by atoms with Gasteiger partial charge in [0.2, 0.25) is 0 Å². The van der Waals surface area contributed by atoms with Crippen LogP contribution in [0.4, 0.5) is 5.69 Å². The number of carbonyl (C=O) groups is 1. The van der Waals surface area contributed by atoms with Gasteiger partial charge in [-0.25, -0.2) is 8.42 Å². The second-order valence-corrected chi connectivity index (χ2v) is 8.26. The summed E-state index contributed by atoms with van der Waals surface area (Å²) in [4.78, 5) is 14.3. The van der Waals surface area contributed by atoms with Crippen molar-refractivity contribution in [2.24, 2.45) is 0 Å². The van der Waals surface area contributed by atoms with Crippen LogP contribution in [0, 0.1) is 6.92 Å². The van der Waals surface area contributed by atoms with Gasteiger partial charge in [-0.1, -0.05) is 29.8 Å². The number of nitrogens with one attached hydrogen (secondary N) is 1. The number of carbonyl (C=O) groups excluding carboxylic acids is 1. The van der Waals surface area contributed by atoms with E-state index in [0.717, 1.165) is 11.1 Å². The third-order valence-electron chi connectivity index (χ3n) is 4.13. The smallest absolute Gasteiger partial charge is 0.265 e. The monoisotopic (exact) mass is 402 g/mol. The van der Waals surface area contributed by atoms with Gasteiger partial charge in [0.25, 0.3) is 15.9 Å². The first-order valence-electron chi connectivity index (χ1n) is 8.89. The Kier molecular flexibility index (Phi) is 6.85. The van der Waals surface area contributed by atoms with Crippen LogP contribution in [-0.4, -0.2) is 39.4 Å². The second-order valence-electron chi connectivity index (χ2n) is 6.61. The minimum absolute atomic E-state index is 0.0900. The Morgan fingerprint density at radius 3 is 2.36 bits per heavy atom. The molecule has 2 aromatic rings. The highest BCUT2D eigenvalue weighted by atomic mass is 32.2. The summed E-state index contributed by atoms with van der Waals surface area (Å²) >= 11 is 0. The van der Waals surface area contributed by atoms with Crippen LogP contribution in [0.5, 0.6) is 5.75 Å². The maximum atomic E-state index is 12.9. The fraction of sp³-hybridized carbons (Fsp3) is 0.286. The second kappa shape index (κ2) is 8.93. The van der Waals surface area contributed by atoms with Crippen LogP contribution < -0.4 is 9.46 Å². The van der Waals surface area contributed by atoms with Crippen LogP contribution in [0.2, 0.25) is 0 Å². The SMILES string of the molecule is C=C(C)CN(CC)C(=O)c1ccc(OC)c(S(=O)(=O)Nc2ccc(C)cc2)c1. The standard InChI is InChI=1S/C21H26N2O4S/c1-6-23(14-15(2)3)21(24)17-9-12-19(27-5)20(13-17)28(25,26)22-18-10-7-16(4)8-11-18/h7-13,22H,2,6,14H2,1,3-5H3. The molecule has 0 heterocycles. The first kappa shape index (κ1) is 21.5. The fourth-order valence-electron chi connectivity index (χ4n) is 2.69. The van der Waals surface area contributed by atoms with Gasteiger partial charge in [0.1, 0.15) is 10.6 Å². The summed E-state index contributed by atoms with van der Waals surface area (Å²) in [5.41, 5.74) is 2.57. The Morgan fingerprint density at radius 2 is 1.82 bits per heavy atom. The van der Waals surface area contributed by atoms with Gasteiger partial charge in [-0.15, -0.1) is 0 Å². The van der Waals surface area contributed by atoms with Crippen LogP contribution in [0.25, 0.3) is 0 Å². The number of ether oxygens (including phenoxy) is 1. The summed E-state index contributed by atoms with van der Waals surface area (Å²) < 4.78 is 33.6. The third kappa shape index (κ3) is 5.13. The van der Waals surface area contributed by atoms with E-state index in [0.29, 0.717) is 18.8 Å². The van der Waals surface area contributed by atoms with E-state index < -0.39 is 10.0 Å².